The first-order valence-electron chi connectivity index (χ1n) is 10.5. The predicted octanol–water partition coefficient (Wildman–Crippen LogP) is 2.37. The highest BCUT2D eigenvalue weighted by Gasteiger charge is 2.26. The number of nitrogens with one attached hydrogen (secondary N) is 2. The third-order valence-corrected chi connectivity index (χ3v) is 6.92. The maximum absolute atomic E-state index is 12.6. The fourth-order valence-corrected chi connectivity index (χ4v) is 5.13. The van der Waals surface area contributed by atoms with E-state index in [9.17, 15) is 23.3 Å². The number of hydrogen-bond acceptors (Lipinski definition) is 8. The maximum Gasteiger partial charge on any atom is 0.338 e. The summed E-state index contributed by atoms with van der Waals surface area (Å²) in [6, 6.07) is 6.75. The summed E-state index contributed by atoms with van der Waals surface area (Å²) in [6.45, 7) is 0.677. The number of carbonyl (C=O) groups is 2. The number of nitrogens with zero attached hydrogens (tertiary/aromatic N) is 5. The molecule has 12 nitrogen and oxygen atoms in total. The van der Waals surface area contributed by atoms with Gasteiger partial charge < -0.3 is 4.74 Å². The number of rotatable bonds is 6. The first-order valence-corrected chi connectivity index (χ1v) is 12.5. The van der Waals surface area contributed by atoms with Crippen LogP contribution in [0.5, 0.6) is 0 Å². The Bertz CT molecular complexity index is 1450. The van der Waals surface area contributed by atoms with Gasteiger partial charge in [0.2, 0.25) is 10.0 Å². The standard InChI is InChI=1S/C21H20ClN7O5S/c1-34-20(30)15-7-3-2-6-13(15)12-35(32,33)27-21(31)25-18-14(10-23)11-24-29(18)19-17(22)16-8-4-5-9-28(16)26-19/h2-3,6-7,11H,4-5,8-9,12H2,1H3,(H2,25,27,31). The number of amides is 2. The zero-order valence-electron chi connectivity index (χ0n) is 18.5. The lowest BCUT2D eigenvalue weighted by molar-refractivity contribution is 0.0600. The van der Waals surface area contributed by atoms with Crippen molar-refractivity contribution in [3.05, 3.63) is 57.9 Å². The highest BCUT2D eigenvalue weighted by Crippen LogP contribution is 2.31. The highest BCUT2D eigenvalue weighted by molar-refractivity contribution is 7.89. The minimum Gasteiger partial charge on any atom is -0.465 e. The van der Waals surface area contributed by atoms with Crippen LogP contribution >= 0.6 is 11.6 Å². The quantitative estimate of drug-likeness (QED) is 0.471. The number of aryl methyl sites for hydroxylation is 1. The fraction of sp³-hybridized carbons (Fsp3) is 0.286. The van der Waals surface area contributed by atoms with E-state index >= 15 is 0 Å². The van der Waals surface area contributed by atoms with Gasteiger partial charge in [-0.1, -0.05) is 29.8 Å². The van der Waals surface area contributed by atoms with Gasteiger partial charge in [0.05, 0.1) is 30.3 Å². The summed E-state index contributed by atoms with van der Waals surface area (Å²) in [4.78, 5) is 24.5. The SMILES string of the molecule is COC(=O)c1ccccc1CS(=O)(=O)NC(=O)Nc1c(C#N)cnn1-c1nn2c(c1Cl)CCCC2. The maximum atomic E-state index is 12.6. The van der Waals surface area contributed by atoms with Gasteiger partial charge >= 0.3 is 12.0 Å². The molecule has 0 spiro atoms. The molecule has 0 radical (unpaired) electrons. The van der Waals surface area contributed by atoms with Gasteiger partial charge in [-0.05, 0) is 30.9 Å². The summed E-state index contributed by atoms with van der Waals surface area (Å²) in [7, 11) is -3.06. The summed E-state index contributed by atoms with van der Waals surface area (Å²) in [5, 5.41) is 20.7. The molecule has 0 saturated heterocycles. The van der Waals surface area contributed by atoms with Gasteiger partial charge in [0.25, 0.3) is 0 Å². The topological polar surface area (TPSA) is 161 Å². The molecule has 3 heterocycles. The molecule has 2 amide bonds. The van der Waals surface area contributed by atoms with Crippen LogP contribution in [0.15, 0.2) is 30.5 Å². The third-order valence-electron chi connectivity index (χ3n) is 5.35. The first-order chi connectivity index (χ1) is 16.7. The lowest BCUT2D eigenvalue weighted by Crippen LogP contribution is -2.36. The Morgan fingerprint density at radius 2 is 2.06 bits per heavy atom. The molecule has 14 heteroatoms. The van der Waals surface area contributed by atoms with Crippen molar-refractivity contribution in [3.8, 4) is 11.9 Å². The van der Waals surface area contributed by atoms with E-state index in [1.165, 1.54) is 30.1 Å². The number of carbonyl (C=O) groups excluding carboxylic acids is 2. The van der Waals surface area contributed by atoms with E-state index < -0.39 is 27.8 Å². The molecular formula is C21H20ClN7O5S. The third kappa shape index (κ3) is 4.98. The molecule has 1 aliphatic rings. The van der Waals surface area contributed by atoms with Crippen molar-refractivity contribution in [2.75, 3.05) is 12.4 Å². The van der Waals surface area contributed by atoms with E-state index in [4.69, 9.17) is 11.6 Å². The number of nitriles is 1. The van der Waals surface area contributed by atoms with Crippen molar-refractivity contribution in [2.24, 2.45) is 0 Å². The molecule has 0 unspecified atom stereocenters. The smallest absolute Gasteiger partial charge is 0.338 e. The second-order valence-corrected chi connectivity index (χ2v) is 9.76. The fourth-order valence-electron chi connectivity index (χ4n) is 3.76. The highest BCUT2D eigenvalue weighted by atomic mass is 35.5. The summed E-state index contributed by atoms with van der Waals surface area (Å²) < 4.78 is 34.8. The zero-order chi connectivity index (χ0) is 25.2. The molecule has 1 aromatic carbocycles. The first kappa shape index (κ1) is 24.2. The summed E-state index contributed by atoms with van der Waals surface area (Å²) >= 11 is 6.50. The molecular weight excluding hydrogens is 498 g/mol. The van der Waals surface area contributed by atoms with Gasteiger partial charge in [0.1, 0.15) is 16.7 Å². The van der Waals surface area contributed by atoms with Crippen LogP contribution in [0.3, 0.4) is 0 Å². The number of aromatic nitrogens is 4. The number of halogens is 1. The number of methoxy groups -OCH3 is 1. The minimum atomic E-state index is -4.24. The Morgan fingerprint density at radius 3 is 2.77 bits per heavy atom. The Balaban J connectivity index is 1.57. The van der Waals surface area contributed by atoms with Crippen LogP contribution in [-0.2, 0) is 33.5 Å². The van der Waals surface area contributed by atoms with E-state index in [-0.39, 0.29) is 28.3 Å². The molecule has 0 aliphatic carbocycles. The van der Waals surface area contributed by atoms with Gasteiger partial charge in [-0.15, -0.1) is 0 Å². The molecule has 0 bridgehead atoms. The molecule has 3 aromatic rings. The van der Waals surface area contributed by atoms with E-state index in [0.29, 0.717) is 11.6 Å². The average Bonchev–Trinajstić information content (AvgIpc) is 3.38. The number of anilines is 1. The van der Waals surface area contributed by atoms with Crippen molar-refractivity contribution in [1.29, 1.82) is 5.26 Å². The van der Waals surface area contributed by atoms with Crippen molar-refractivity contribution in [3.63, 3.8) is 0 Å². The molecule has 35 heavy (non-hydrogen) atoms. The van der Waals surface area contributed by atoms with Crippen molar-refractivity contribution < 1.29 is 22.7 Å². The van der Waals surface area contributed by atoms with Crippen LogP contribution in [0.2, 0.25) is 5.02 Å². The Labute approximate surface area is 205 Å². The average molecular weight is 518 g/mol. The zero-order valence-corrected chi connectivity index (χ0v) is 20.1. The number of hydrogen-bond donors (Lipinski definition) is 2. The number of benzene rings is 1. The molecule has 0 saturated carbocycles. The summed E-state index contributed by atoms with van der Waals surface area (Å²) in [6.07, 6.45) is 3.84. The van der Waals surface area contributed by atoms with Gasteiger partial charge in [0, 0.05) is 6.54 Å². The van der Waals surface area contributed by atoms with Crippen LogP contribution in [0, 0.1) is 11.3 Å². The Hall–Kier alpha value is -3.89. The number of sulfonamides is 1. The van der Waals surface area contributed by atoms with Crippen LogP contribution in [0.4, 0.5) is 10.6 Å². The molecule has 0 fully saturated rings. The molecule has 0 atom stereocenters. The van der Waals surface area contributed by atoms with Crippen LogP contribution in [0.25, 0.3) is 5.82 Å². The Kier molecular flexibility index (Phi) is 6.77. The summed E-state index contributed by atoms with van der Waals surface area (Å²) in [5.74, 6) is -1.24. The lowest BCUT2D eigenvalue weighted by atomic mass is 10.1. The van der Waals surface area contributed by atoms with Crippen molar-refractivity contribution in [1.82, 2.24) is 24.3 Å². The predicted molar refractivity (Wildman–Crippen MR) is 125 cm³/mol. The molecule has 182 valence electrons. The molecule has 2 aromatic heterocycles. The monoisotopic (exact) mass is 517 g/mol. The van der Waals surface area contributed by atoms with Crippen LogP contribution in [-0.4, -0.2) is 47.1 Å². The van der Waals surface area contributed by atoms with E-state index in [1.807, 2.05) is 10.8 Å². The number of ether oxygens (including phenoxy) is 1. The van der Waals surface area contributed by atoms with Gasteiger partial charge in [-0.3, -0.25) is 10.00 Å². The van der Waals surface area contributed by atoms with Gasteiger partial charge in [-0.25, -0.2) is 22.7 Å². The number of fused-ring (bicyclic) bond motifs is 1. The van der Waals surface area contributed by atoms with E-state index in [0.717, 1.165) is 25.0 Å². The molecule has 1 aliphatic heterocycles. The van der Waals surface area contributed by atoms with Gasteiger partial charge in [-0.2, -0.15) is 20.1 Å². The molecule has 4 rings (SSSR count). The Morgan fingerprint density at radius 1 is 1.29 bits per heavy atom. The van der Waals surface area contributed by atoms with Crippen LogP contribution < -0.4 is 10.0 Å². The number of urea groups is 1. The summed E-state index contributed by atoms with van der Waals surface area (Å²) in [5.41, 5.74) is 1.02. The van der Waals surface area contributed by atoms with Crippen molar-refractivity contribution in [2.45, 2.75) is 31.6 Å². The van der Waals surface area contributed by atoms with Gasteiger partial charge in [0.15, 0.2) is 11.6 Å². The van der Waals surface area contributed by atoms with E-state index in [1.54, 1.807) is 16.8 Å². The second kappa shape index (κ2) is 9.77. The second-order valence-electron chi connectivity index (χ2n) is 7.66. The largest absolute Gasteiger partial charge is 0.465 e. The normalized spacial score (nSPS) is 12.9. The minimum absolute atomic E-state index is 0.0179. The number of esters is 1. The molecule has 2 N–H and O–H groups in total. The van der Waals surface area contributed by atoms with E-state index in [2.05, 4.69) is 20.3 Å². The van der Waals surface area contributed by atoms with Crippen LogP contribution in [0.1, 0.15) is 40.0 Å². The lowest BCUT2D eigenvalue weighted by Gasteiger charge is -2.12. The van der Waals surface area contributed by atoms with Crippen molar-refractivity contribution >= 4 is 39.4 Å².